The van der Waals surface area contributed by atoms with Gasteiger partial charge in [-0.1, -0.05) is 29.8 Å². The average Bonchev–Trinajstić information content (AvgIpc) is 3.03. The highest BCUT2D eigenvalue weighted by Gasteiger charge is 2.25. The fraction of sp³-hybridized carbons (Fsp3) is 0.150. The summed E-state index contributed by atoms with van der Waals surface area (Å²) in [7, 11) is 1.45. The number of aliphatic carboxylic acids is 1. The third kappa shape index (κ3) is 4.90. The summed E-state index contributed by atoms with van der Waals surface area (Å²) in [5, 5.41) is 12.6. The summed E-state index contributed by atoms with van der Waals surface area (Å²) in [5.41, 5.74) is 1.99. The maximum Gasteiger partial charge on any atom is 0.341 e. The molecule has 150 valence electrons. The van der Waals surface area contributed by atoms with E-state index in [9.17, 15) is 9.59 Å². The van der Waals surface area contributed by atoms with Gasteiger partial charge in [0.25, 0.3) is 5.91 Å². The number of para-hydroxylation sites is 1. The SMILES string of the molecule is COc1cccc(/C=C2/SC(=Nc3cccc(Cl)c3C)NC2=O)c1OCC(=O)O. The van der Waals surface area contributed by atoms with E-state index in [1.165, 1.54) is 7.11 Å². The van der Waals surface area contributed by atoms with Crippen LogP contribution in [0.4, 0.5) is 5.69 Å². The molecule has 0 aromatic heterocycles. The topological polar surface area (TPSA) is 97.2 Å². The van der Waals surface area contributed by atoms with E-state index in [1.807, 2.05) is 13.0 Å². The minimum absolute atomic E-state index is 0.245. The molecule has 7 nitrogen and oxygen atoms in total. The van der Waals surface area contributed by atoms with Crippen LogP contribution in [-0.2, 0) is 9.59 Å². The van der Waals surface area contributed by atoms with Crippen molar-refractivity contribution in [3.8, 4) is 11.5 Å². The Kier molecular flexibility index (Phi) is 6.46. The van der Waals surface area contributed by atoms with E-state index in [0.29, 0.717) is 32.1 Å². The van der Waals surface area contributed by atoms with Gasteiger partial charge in [-0.05, 0) is 48.5 Å². The first-order valence-electron chi connectivity index (χ1n) is 8.45. The van der Waals surface area contributed by atoms with Gasteiger partial charge in [0.1, 0.15) is 0 Å². The summed E-state index contributed by atoms with van der Waals surface area (Å²) in [4.78, 5) is 28.1. The number of thioether (sulfide) groups is 1. The van der Waals surface area contributed by atoms with E-state index in [1.54, 1.807) is 36.4 Å². The van der Waals surface area contributed by atoms with Crippen molar-refractivity contribution < 1.29 is 24.2 Å². The highest BCUT2D eigenvalue weighted by atomic mass is 35.5. The molecule has 1 fully saturated rings. The molecule has 1 heterocycles. The zero-order chi connectivity index (χ0) is 21.0. The van der Waals surface area contributed by atoms with Crippen LogP contribution in [0.3, 0.4) is 0 Å². The second-order valence-electron chi connectivity index (χ2n) is 5.93. The molecular formula is C20H17ClN2O5S. The van der Waals surface area contributed by atoms with Crippen molar-refractivity contribution in [1.29, 1.82) is 0 Å². The number of amides is 1. The number of hydrogen-bond donors (Lipinski definition) is 2. The fourth-order valence-corrected chi connectivity index (χ4v) is 3.54. The number of halogens is 1. The van der Waals surface area contributed by atoms with Gasteiger partial charge in [-0.3, -0.25) is 4.79 Å². The van der Waals surface area contributed by atoms with Gasteiger partial charge >= 0.3 is 5.97 Å². The van der Waals surface area contributed by atoms with Crippen molar-refractivity contribution >= 4 is 52.2 Å². The molecule has 0 bridgehead atoms. The van der Waals surface area contributed by atoms with Gasteiger partial charge in [0.2, 0.25) is 0 Å². The van der Waals surface area contributed by atoms with E-state index in [0.717, 1.165) is 17.3 Å². The number of aliphatic imine (C=N–C) groups is 1. The Morgan fingerprint density at radius 2 is 2.07 bits per heavy atom. The van der Waals surface area contributed by atoms with Gasteiger partial charge in [0.15, 0.2) is 23.3 Å². The van der Waals surface area contributed by atoms with Crippen molar-refractivity contribution in [2.45, 2.75) is 6.92 Å². The van der Waals surface area contributed by atoms with Crippen molar-refractivity contribution in [3.05, 3.63) is 57.5 Å². The van der Waals surface area contributed by atoms with Crippen LogP contribution in [0.5, 0.6) is 11.5 Å². The van der Waals surface area contributed by atoms with Crippen LogP contribution in [-0.4, -0.2) is 35.9 Å². The Bertz CT molecular complexity index is 1040. The number of benzene rings is 2. The summed E-state index contributed by atoms with van der Waals surface area (Å²) in [6, 6.07) is 10.4. The lowest BCUT2D eigenvalue weighted by Gasteiger charge is -2.12. The van der Waals surface area contributed by atoms with E-state index in [2.05, 4.69) is 10.3 Å². The molecule has 1 saturated heterocycles. The first kappa shape index (κ1) is 20.8. The molecule has 0 unspecified atom stereocenters. The van der Waals surface area contributed by atoms with Gasteiger partial charge in [-0.2, -0.15) is 0 Å². The van der Waals surface area contributed by atoms with Crippen LogP contribution in [0.15, 0.2) is 46.3 Å². The predicted octanol–water partition coefficient (Wildman–Crippen LogP) is 4.01. The first-order valence-corrected chi connectivity index (χ1v) is 9.64. The van der Waals surface area contributed by atoms with E-state index in [4.69, 9.17) is 26.2 Å². The molecule has 29 heavy (non-hydrogen) atoms. The molecule has 1 aliphatic heterocycles. The lowest BCUT2D eigenvalue weighted by molar-refractivity contribution is -0.139. The Labute approximate surface area is 176 Å². The van der Waals surface area contributed by atoms with E-state index in [-0.39, 0.29) is 11.7 Å². The summed E-state index contributed by atoms with van der Waals surface area (Å²) < 4.78 is 10.6. The molecule has 1 aliphatic rings. The maximum atomic E-state index is 12.4. The molecule has 2 aromatic rings. The largest absolute Gasteiger partial charge is 0.493 e. The zero-order valence-electron chi connectivity index (χ0n) is 15.6. The number of carbonyl (C=O) groups is 2. The van der Waals surface area contributed by atoms with Crippen LogP contribution < -0.4 is 14.8 Å². The summed E-state index contributed by atoms with van der Waals surface area (Å²) in [5.74, 6) is -0.823. The minimum atomic E-state index is -1.12. The molecule has 0 saturated carbocycles. The van der Waals surface area contributed by atoms with Crippen molar-refractivity contribution in [1.82, 2.24) is 5.32 Å². The number of nitrogens with zero attached hydrogens (tertiary/aromatic N) is 1. The van der Waals surface area contributed by atoms with Gasteiger partial charge in [0, 0.05) is 10.6 Å². The lowest BCUT2D eigenvalue weighted by atomic mass is 10.1. The van der Waals surface area contributed by atoms with Gasteiger partial charge in [0.05, 0.1) is 17.7 Å². The second kappa shape index (κ2) is 9.02. The van der Waals surface area contributed by atoms with Crippen LogP contribution in [0.1, 0.15) is 11.1 Å². The molecule has 3 rings (SSSR count). The van der Waals surface area contributed by atoms with Crippen molar-refractivity contribution in [2.24, 2.45) is 4.99 Å². The highest BCUT2D eigenvalue weighted by Crippen LogP contribution is 2.36. The number of nitrogens with one attached hydrogen (secondary N) is 1. The number of carboxylic acids is 1. The zero-order valence-corrected chi connectivity index (χ0v) is 17.1. The Hall–Kier alpha value is -2.97. The summed E-state index contributed by atoms with van der Waals surface area (Å²) >= 11 is 7.28. The van der Waals surface area contributed by atoms with Crippen molar-refractivity contribution in [3.63, 3.8) is 0 Å². The predicted molar refractivity (Wildman–Crippen MR) is 113 cm³/mol. The number of rotatable bonds is 6. The standard InChI is InChI=1S/C20H17ClN2O5S/c1-11-13(21)6-4-7-14(11)22-20-23-19(26)16(29-20)9-12-5-3-8-15(27-2)18(12)28-10-17(24)25/h3-9H,10H2,1-2H3,(H,24,25)(H,22,23,26)/b16-9+. The molecule has 0 aliphatic carbocycles. The smallest absolute Gasteiger partial charge is 0.341 e. The number of ether oxygens (including phenoxy) is 2. The summed E-state index contributed by atoms with van der Waals surface area (Å²) in [6.07, 6.45) is 1.60. The number of carboxylic acid groups (broad SMARTS) is 1. The molecular weight excluding hydrogens is 416 g/mol. The lowest BCUT2D eigenvalue weighted by Crippen LogP contribution is -2.19. The molecule has 1 amide bonds. The Morgan fingerprint density at radius 3 is 2.79 bits per heavy atom. The van der Waals surface area contributed by atoms with Gasteiger partial charge < -0.3 is 19.9 Å². The molecule has 9 heteroatoms. The monoisotopic (exact) mass is 432 g/mol. The first-order chi connectivity index (χ1) is 13.9. The van der Waals surface area contributed by atoms with Crippen LogP contribution in [0.25, 0.3) is 6.08 Å². The molecule has 0 spiro atoms. The average molecular weight is 433 g/mol. The fourth-order valence-electron chi connectivity index (χ4n) is 2.54. The Balaban J connectivity index is 1.91. The van der Waals surface area contributed by atoms with Crippen LogP contribution >= 0.6 is 23.4 Å². The maximum absolute atomic E-state index is 12.4. The normalized spacial score (nSPS) is 16.2. The van der Waals surface area contributed by atoms with Crippen LogP contribution in [0, 0.1) is 6.92 Å². The molecule has 2 aromatic carbocycles. The number of carbonyl (C=O) groups excluding carboxylic acids is 1. The van der Waals surface area contributed by atoms with Crippen LogP contribution in [0.2, 0.25) is 5.02 Å². The highest BCUT2D eigenvalue weighted by molar-refractivity contribution is 8.18. The minimum Gasteiger partial charge on any atom is -0.493 e. The Morgan fingerprint density at radius 1 is 1.31 bits per heavy atom. The number of hydrogen-bond acceptors (Lipinski definition) is 6. The van der Waals surface area contributed by atoms with Gasteiger partial charge in [-0.15, -0.1) is 0 Å². The summed E-state index contributed by atoms with van der Waals surface area (Å²) in [6.45, 7) is 1.32. The molecule has 0 atom stereocenters. The quantitative estimate of drug-likeness (QED) is 0.669. The van der Waals surface area contributed by atoms with E-state index >= 15 is 0 Å². The van der Waals surface area contributed by atoms with Crippen molar-refractivity contribution in [2.75, 3.05) is 13.7 Å². The number of amidine groups is 1. The molecule has 0 radical (unpaired) electrons. The van der Waals surface area contributed by atoms with E-state index < -0.39 is 12.6 Å². The second-order valence-corrected chi connectivity index (χ2v) is 7.36. The third-order valence-corrected chi connectivity index (χ3v) is 5.29. The van der Waals surface area contributed by atoms with Gasteiger partial charge in [-0.25, -0.2) is 9.79 Å². The number of methoxy groups -OCH3 is 1. The molecule has 2 N–H and O–H groups in total. The third-order valence-electron chi connectivity index (χ3n) is 3.97.